The maximum absolute atomic E-state index is 11.9. The summed E-state index contributed by atoms with van der Waals surface area (Å²) in [5.74, 6) is -0.135. The highest BCUT2D eigenvalue weighted by Gasteiger charge is 2.44. The lowest BCUT2D eigenvalue weighted by molar-refractivity contribution is -0.123. The summed E-state index contributed by atoms with van der Waals surface area (Å²) in [6.45, 7) is 4.36. The van der Waals surface area contributed by atoms with Gasteiger partial charge in [0, 0.05) is 13.1 Å². The van der Waals surface area contributed by atoms with Gasteiger partial charge in [0.2, 0.25) is 0 Å². The molecule has 1 aromatic rings. The minimum absolute atomic E-state index is 0.135. The van der Waals surface area contributed by atoms with E-state index >= 15 is 0 Å². The minimum Gasteiger partial charge on any atom is -0.451 e. The van der Waals surface area contributed by atoms with Crippen molar-refractivity contribution in [3.05, 3.63) is 35.4 Å². The Morgan fingerprint density at radius 2 is 2.09 bits per heavy atom. The van der Waals surface area contributed by atoms with Crippen LogP contribution in [-0.4, -0.2) is 36.0 Å². The SMILES string of the molecule is CCC[C@H]1OC(N2CCC3(CC2)OCc2ccccc23)=NC1=O. The molecule has 0 radical (unpaired) electrons. The van der Waals surface area contributed by atoms with E-state index in [1.165, 1.54) is 11.1 Å². The number of ether oxygens (including phenoxy) is 2. The lowest BCUT2D eigenvalue weighted by atomic mass is 9.84. The summed E-state index contributed by atoms with van der Waals surface area (Å²) in [6, 6.07) is 8.99. The molecule has 1 fully saturated rings. The van der Waals surface area contributed by atoms with Crippen molar-refractivity contribution in [2.24, 2.45) is 4.99 Å². The zero-order valence-corrected chi connectivity index (χ0v) is 13.5. The van der Waals surface area contributed by atoms with Crippen molar-refractivity contribution in [2.45, 2.75) is 50.9 Å². The topological polar surface area (TPSA) is 51.1 Å². The molecular weight excluding hydrogens is 292 g/mol. The van der Waals surface area contributed by atoms with Gasteiger partial charge in [0.15, 0.2) is 6.10 Å². The average Bonchev–Trinajstić information content (AvgIpc) is 3.12. The molecule has 122 valence electrons. The fraction of sp³-hybridized carbons (Fsp3) is 0.556. The summed E-state index contributed by atoms with van der Waals surface area (Å²) in [5, 5.41) is 0. The second kappa shape index (κ2) is 5.64. The molecule has 4 rings (SSSR count). The predicted molar refractivity (Wildman–Crippen MR) is 85.9 cm³/mol. The monoisotopic (exact) mass is 314 g/mol. The Morgan fingerprint density at radius 1 is 1.30 bits per heavy atom. The molecule has 0 aliphatic carbocycles. The van der Waals surface area contributed by atoms with Gasteiger partial charge >= 0.3 is 0 Å². The molecule has 3 aliphatic rings. The van der Waals surface area contributed by atoms with Crippen molar-refractivity contribution in [1.82, 2.24) is 4.90 Å². The highest BCUT2D eigenvalue weighted by atomic mass is 16.5. The van der Waals surface area contributed by atoms with E-state index in [-0.39, 0.29) is 17.6 Å². The lowest BCUT2D eigenvalue weighted by Crippen LogP contribution is -2.45. The van der Waals surface area contributed by atoms with Gasteiger partial charge in [-0.25, -0.2) is 0 Å². The van der Waals surface area contributed by atoms with Gasteiger partial charge in [-0.3, -0.25) is 4.79 Å². The molecule has 5 nitrogen and oxygen atoms in total. The van der Waals surface area contributed by atoms with Gasteiger partial charge in [0.1, 0.15) is 0 Å². The van der Waals surface area contributed by atoms with E-state index in [1.54, 1.807) is 0 Å². The van der Waals surface area contributed by atoms with Crippen LogP contribution >= 0.6 is 0 Å². The summed E-state index contributed by atoms with van der Waals surface area (Å²) < 4.78 is 11.9. The molecule has 1 saturated heterocycles. The molecule has 1 atom stereocenters. The molecular formula is C18H22N2O3. The number of piperidine rings is 1. The van der Waals surface area contributed by atoms with E-state index in [1.807, 2.05) is 6.92 Å². The fourth-order valence-electron chi connectivity index (χ4n) is 3.82. The molecule has 5 heteroatoms. The Labute approximate surface area is 136 Å². The van der Waals surface area contributed by atoms with E-state index in [4.69, 9.17) is 9.47 Å². The first-order valence-corrected chi connectivity index (χ1v) is 8.48. The Balaban J connectivity index is 1.45. The van der Waals surface area contributed by atoms with Crippen LogP contribution in [0.3, 0.4) is 0 Å². The Bertz CT molecular complexity index is 647. The molecule has 1 aromatic carbocycles. The van der Waals surface area contributed by atoms with E-state index in [2.05, 4.69) is 34.2 Å². The van der Waals surface area contributed by atoms with Gasteiger partial charge in [0.25, 0.3) is 11.9 Å². The van der Waals surface area contributed by atoms with Crippen LogP contribution in [0.2, 0.25) is 0 Å². The summed E-state index contributed by atoms with van der Waals surface area (Å²) in [5.41, 5.74) is 2.46. The number of amides is 1. The molecule has 0 bridgehead atoms. The van der Waals surface area contributed by atoms with Crippen LogP contribution in [0.15, 0.2) is 29.3 Å². The zero-order chi connectivity index (χ0) is 15.9. The number of hydrogen-bond donors (Lipinski definition) is 0. The number of rotatable bonds is 2. The van der Waals surface area contributed by atoms with Crippen LogP contribution in [0.1, 0.15) is 43.7 Å². The molecule has 0 saturated carbocycles. The Hall–Kier alpha value is -1.88. The Morgan fingerprint density at radius 3 is 2.87 bits per heavy atom. The summed E-state index contributed by atoms with van der Waals surface area (Å²) in [7, 11) is 0. The highest BCUT2D eigenvalue weighted by Crippen LogP contribution is 2.44. The first-order valence-electron chi connectivity index (χ1n) is 8.48. The Kier molecular flexibility index (Phi) is 3.60. The van der Waals surface area contributed by atoms with Crippen molar-refractivity contribution in [3.8, 4) is 0 Å². The normalized spacial score (nSPS) is 25.4. The predicted octanol–water partition coefficient (Wildman–Crippen LogP) is 2.59. The average molecular weight is 314 g/mol. The quantitative estimate of drug-likeness (QED) is 0.842. The van der Waals surface area contributed by atoms with Gasteiger partial charge in [0.05, 0.1) is 12.2 Å². The van der Waals surface area contributed by atoms with Crippen LogP contribution in [0.25, 0.3) is 0 Å². The largest absolute Gasteiger partial charge is 0.451 e. The maximum Gasteiger partial charge on any atom is 0.296 e. The number of likely N-dealkylation sites (tertiary alicyclic amines) is 1. The fourth-order valence-corrected chi connectivity index (χ4v) is 3.82. The van der Waals surface area contributed by atoms with Crippen molar-refractivity contribution in [1.29, 1.82) is 0 Å². The third-order valence-electron chi connectivity index (χ3n) is 5.13. The summed E-state index contributed by atoms with van der Waals surface area (Å²) in [4.78, 5) is 18.1. The number of carbonyl (C=O) groups is 1. The van der Waals surface area contributed by atoms with E-state index in [9.17, 15) is 4.79 Å². The zero-order valence-electron chi connectivity index (χ0n) is 13.5. The van der Waals surface area contributed by atoms with Crippen molar-refractivity contribution >= 4 is 11.9 Å². The van der Waals surface area contributed by atoms with Gasteiger partial charge in [-0.05, 0) is 30.4 Å². The second-order valence-electron chi connectivity index (χ2n) is 6.55. The van der Waals surface area contributed by atoms with Gasteiger partial charge in [-0.2, -0.15) is 4.99 Å². The number of amidine groups is 1. The van der Waals surface area contributed by atoms with Crippen molar-refractivity contribution in [3.63, 3.8) is 0 Å². The van der Waals surface area contributed by atoms with E-state index in [0.717, 1.165) is 38.8 Å². The van der Waals surface area contributed by atoms with Crippen molar-refractivity contribution in [2.75, 3.05) is 13.1 Å². The molecule has 23 heavy (non-hydrogen) atoms. The van der Waals surface area contributed by atoms with Crippen molar-refractivity contribution < 1.29 is 14.3 Å². The maximum atomic E-state index is 11.9. The number of nitrogens with zero attached hydrogens (tertiary/aromatic N) is 2. The van der Waals surface area contributed by atoms with Crippen LogP contribution in [-0.2, 0) is 26.5 Å². The first kappa shape index (κ1) is 14.7. The number of aliphatic imine (C=N–C) groups is 1. The van der Waals surface area contributed by atoms with Crippen LogP contribution in [0.4, 0.5) is 0 Å². The van der Waals surface area contributed by atoms with Gasteiger partial charge in [-0.1, -0.05) is 37.6 Å². The molecule has 0 N–H and O–H groups in total. The van der Waals surface area contributed by atoms with Gasteiger partial charge in [-0.15, -0.1) is 0 Å². The van der Waals surface area contributed by atoms with Crippen LogP contribution in [0.5, 0.6) is 0 Å². The smallest absolute Gasteiger partial charge is 0.296 e. The number of hydrogen-bond acceptors (Lipinski definition) is 4. The third kappa shape index (κ3) is 2.43. The van der Waals surface area contributed by atoms with Crippen LogP contribution < -0.4 is 0 Å². The number of benzene rings is 1. The molecule has 0 unspecified atom stereocenters. The summed E-state index contributed by atoms with van der Waals surface area (Å²) in [6.07, 6.45) is 3.08. The molecule has 3 aliphatic heterocycles. The second-order valence-corrected chi connectivity index (χ2v) is 6.55. The molecule has 3 heterocycles. The minimum atomic E-state index is -0.380. The van der Waals surface area contributed by atoms with E-state index in [0.29, 0.717) is 12.6 Å². The highest BCUT2D eigenvalue weighted by molar-refractivity contribution is 5.98. The van der Waals surface area contributed by atoms with Gasteiger partial charge < -0.3 is 14.4 Å². The molecule has 1 amide bonds. The molecule has 1 spiro atoms. The van der Waals surface area contributed by atoms with E-state index < -0.39 is 0 Å². The number of carbonyl (C=O) groups excluding carboxylic acids is 1. The van der Waals surface area contributed by atoms with Crippen LogP contribution in [0, 0.1) is 0 Å². The molecule has 0 aromatic heterocycles. The lowest BCUT2D eigenvalue weighted by Gasteiger charge is -2.39. The first-order chi connectivity index (χ1) is 11.2. The summed E-state index contributed by atoms with van der Waals surface area (Å²) >= 11 is 0. The standard InChI is InChI=1S/C18H22N2O3/c1-2-5-15-16(21)19-17(23-15)20-10-8-18(9-11-20)14-7-4-3-6-13(14)12-22-18/h3-4,6-7,15H,2,5,8-12H2,1H3/t15-/m1/s1. The number of fused-ring (bicyclic) bond motifs is 2. The third-order valence-corrected chi connectivity index (χ3v) is 5.13.